The standard InChI is InChI=1S/C28H29FN2O6/c1-33-24-9-8-19(16-21(24)30)23(32)10-11-31-22-13-17(12-20(29)27(22)36-4)6-7-18-14-25(34-2)28(37-5)26(15-18)35-3/h6-16,31H,30H2,1-5H3. The lowest BCUT2D eigenvalue weighted by molar-refractivity contribution is 0.104. The summed E-state index contributed by atoms with van der Waals surface area (Å²) in [5.74, 6) is 1.10. The summed E-state index contributed by atoms with van der Waals surface area (Å²) < 4.78 is 41.2. The van der Waals surface area contributed by atoms with Gasteiger partial charge in [-0.25, -0.2) is 4.39 Å². The molecule has 9 heteroatoms. The Morgan fingerprint density at radius 3 is 1.92 bits per heavy atom. The first kappa shape index (κ1) is 26.9. The van der Waals surface area contributed by atoms with E-state index in [4.69, 9.17) is 29.4 Å². The molecule has 0 aliphatic carbocycles. The summed E-state index contributed by atoms with van der Waals surface area (Å²) in [7, 11) is 7.45. The first-order valence-electron chi connectivity index (χ1n) is 11.1. The van der Waals surface area contributed by atoms with Gasteiger partial charge in [-0.3, -0.25) is 4.79 Å². The van der Waals surface area contributed by atoms with E-state index in [1.807, 2.05) is 0 Å². The highest BCUT2D eigenvalue weighted by molar-refractivity contribution is 6.05. The number of methoxy groups -OCH3 is 5. The van der Waals surface area contributed by atoms with Crippen LogP contribution in [-0.2, 0) is 0 Å². The predicted octanol–water partition coefficient (Wildman–Crippen LogP) is 5.43. The van der Waals surface area contributed by atoms with Crippen LogP contribution < -0.4 is 34.7 Å². The van der Waals surface area contributed by atoms with Crippen molar-refractivity contribution in [1.29, 1.82) is 0 Å². The van der Waals surface area contributed by atoms with Crippen molar-refractivity contribution >= 4 is 29.3 Å². The fourth-order valence-electron chi connectivity index (χ4n) is 3.61. The summed E-state index contributed by atoms with van der Waals surface area (Å²) in [6.45, 7) is 0. The summed E-state index contributed by atoms with van der Waals surface area (Å²) in [5, 5.41) is 2.92. The maximum absolute atomic E-state index is 14.8. The molecule has 37 heavy (non-hydrogen) atoms. The van der Waals surface area contributed by atoms with E-state index in [9.17, 15) is 9.18 Å². The second-order valence-corrected chi connectivity index (χ2v) is 7.67. The second-order valence-electron chi connectivity index (χ2n) is 7.67. The number of carbonyl (C=O) groups is 1. The minimum Gasteiger partial charge on any atom is -0.495 e. The van der Waals surface area contributed by atoms with Gasteiger partial charge >= 0.3 is 0 Å². The summed E-state index contributed by atoms with van der Waals surface area (Å²) in [4.78, 5) is 12.5. The van der Waals surface area contributed by atoms with E-state index in [0.717, 1.165) is 5.56 Å². The summed E-state index contributed by atoms with van der Waals surface area (Å²) in [6, 6.07) is 11.3. The van der Waals surface area contributed by atoms with Crippen molar-refractivity contribution in [2.45, 2.75) is 0 Å². The molecule has 0 radical (unpaired) electrons. The Morgan fingerprint density at radius 1 is 0.784 bits per heavy atom. The van der Waals surface area contributed by atoms with Crippen LogP contribution in [0.5, 0.6) is 28.7 Å². The normalized spacial score (nSPS) is 11.0. The van der Waals surface area contributed by atoms with Crippen LogP contribution in [-0.4, -0.2) is 41.3 Å². The van der Waals surface area contributed by atoms with E-state index >= 15 is 0 Å². The minimum atomic E-state index is -0.570. The van der Waals surface area contributed by atoms with Crippen LogP contribution in [0.15, 0.2) is 54.7 Å². The third-order valence-electron chi connectivity index (χ3n) is 5.41. The van der Waals surface area contributed by atoms with Gasteiger partial charge in [0.05, 0.1) is 46.9 Å². The molecule has 0 aromatic heterocycles. The van der Waals surface area contributed by atoms with E-state index in [1.54, 1.807) is 42.5 Å². The minimum absolute atomic E-state index is 0.00993. The number of benzene rings is 3. The van der Waals surface area contributed by atoms with E-state index in [1.165, 1.54) is 60.0 Å². The Morgan fingerprint density at radius 2 is 1.38 bits per heavy atom. The summed E-state index contributed by atoms with van der Waals surface area (Å²) in [5.41, 5.74) is 8.26. The molecule has 8 nitrogen and oxygen atoms in total. The van der Waals surface area contributed by atoms with Gasteiger partial charge < -0.3 is 34.7 Å². The molecule has 3 rings (SSSR count). The van der Waals surface area contributed by atoms with Gasteiger partial charge in [0.25, 0.3) is 0 Å². The molecule has 0 saturated heterocycles. The lowest BCUT2D eigenvalue weighted by Gasteiger charge is -2.13. The molecular formula is C28H29FN2O6. The van der Waals surface area contributed by atoms with E-state index in [0.29, 0.717) is 45.5 Å². The fourth-order valence-corrected chi connectivity index (χ4v) is 3.61. The molecule has 3 N–H and O–H groups in total. The van der Waals surface area contributed by atoms with E-state index in [2.05, 4.69) is 5.32 Å². The lowest BCUT2D eigenvalue weighted by atomic mass is 10.1. The first-order chi connectivity index (χ1) is 17.8. The highest BCUT2D eigenvalue weighted by Crippen LogP contribution is 2.39. The number of anilines is 2. The molecule has 0 aliphatic rings. The van der Waals surface area contributed by atoms with Crippen LogP contribution in [0.25, 0.3) is 12.2 Å². The Balaban J connectivity index is 1.84. The predicted molar refractivity (Wildman–Crippen MR) is 142 cm³/mol. The van der Waals surface area contributed by atoms with Crippen LogP contribution in [0, 0.1) is 5.82 Å². The maximum Gasteiger partial charge on any atom is 0.203 e. The van der Waals surface area contributed by atoms with Gasteiger partial charge in [0.1, 0.15) is 5.75 Å². The molecule has 0 amide bonds. The van der Waals surface area contributed by atoms with Crippen molar-refractivity contribution in [3.8, 4) is 28.7 Å². The zero-order chi connectivity index (χ0) is 26.9. The number of hydrogen-bond donors (Lipinski definition) is 2. The number of ketones is 1. The van der Waals surface area contributed by atoms with Gasteiger partial charge in [-0.15, -0.1) is 0 Å². The average molecular weight is 509 g/mol. The third kappa shape index (κ3) is 6.32. The van der Waals surface area contributed by atoms with Gasteiger partial charge in [0, 0.05) is 17.8 Å². The molecule has 0 unspecified atom stereocenters. The van der Waals surface area contributed by atoms with Crippen LogP contribution in [0.2, 0.25) is 0 Å². The topological polar surface area (TPSA) is 101 Å². The molecule has 0 saturated carbocycles. The van der Waals surface area contributed by atoms with Gasteiger partial charge in [-0.05, 0) is 53.6 Å². The Hall–Kier alpha value is -4.66. The number of allylic oxidation sites excluding steroid dienone is 1. The fraction of sp³-hybridized carbons (Fsp3) is 0.179. The Bertz CT molecular complexity index is 1310. The van der Waals surface area contributed by atoms with Crippen molar-refractivity contribution in [2.75, 3.05) is 46.6 Å². The first-order valence-corrected chi connectivity index (χ1v) is 11.1. The monoisotopic (exact) mass is 508 g/mol. The SMILES string of the molecule is COc1ccc(C(=O)C=CNc2cc(C=Cc3cc(OC)c(OC)c(OC)c3)cc(F)c2OC)cc1N. The number of rotatable bonds is 11. The van der Waals surface area contributed by atoms with Crippen LogP contribution in [0.4, 0.5) is 15.8 Å². The smallest absolute Gasteiger partial charge is 0.203 e. The zero-order valence-corrected chi connectivity index (χ0v) is 21.3. The van der Waals surface area contributed by atoms with E-state index in [-0.39, 0.29) is 11.5 Å². The third-order valence-corrected chi connectivity index (χ3v) is 5.41. The van der Waals surface area contributed by atoms with Crippen molar-refractivity contribution in [1.82, 2.24) is 0 Å². The van der Waals surface area contributed by atoms with Gasteiger partial charge in [-0.2, -0.15) is 0 Å². The van der Waals surface area contributed by atoms with Crippen molar-refractivity contribution < 1.29 is 32.9 Å². The molecule has 0 aliphatic heterocycles. The molecule has 0 bridgehead atoms. The Kier molecular flexibility index (Phi) is 8.99. The van der Waals surface area contributed by atoms with Gasteiger partial charge in [0.2, 0.25) is 5.75 Å². The summed E-state index contributed by atoms with van der Waals surface area (Å²) >= 11 is 0. The van der Waals surface area contributed by atoms with Crippen molar-refractivity contribution in [2.24, 2.45) is 0 Å². The molecule has 0 heterocycles. The Labute approximate surface area is 215 Å². The molecule has 3 aromatic carbocycles. The quantitative estimate of drug-likeness (QED) is 0.153. The van der Waals surface area contributed by atoms with Crippen molar-refractivity contribution in [3.05, 3.63) is 77.2 Å². The molecule has 194 valence electrons. The van der Waals surface area contributed by atoms with Crippen LogP contribution >= 0.6 is 0 Å². The average Bonchev–Trinajstić information content (AvgIpc) is 2.90. The number of carbonyl (C=O) groups excluding carboxylic acids is 1. The number of halogens is 1. The number of nitrogens with two attached hydrogens (primary N) is 1. The van der Waals surface area contributed by atoms with Gasteiger partial charge in [0.15, 0.2) is 28.8 Å². The maximum atomic E-state index is 14.8. The van der Waals surface area contributed by atoms with Gasteiger partial charge in [-0.1, -0.05) is 12.2 Å². The molecule has 3 aromatic rings. The number of hydrogen-bond acceptors (Lipinski definition) is 8. The largest absolute Gasteiger partial charge is 0.495 e. The number of ether oxygens (including phenoxy) is 5. The number of nitrogen functional groups attached to an aromatic ring is 1. The molecule has 0 atom stereocenters. The van der Waals surface area contributed by atoms with Crippen molar-refractivity contribution in [3.63, 3.8) is 0 Å². The van der Waals surface area contributed by atoms with E-state index < -0.39 is 5.82 Å². The molecular weight excluding hydrogens is 479 g/mol. The lowest BCUT2D eigenvalue weighted by Crippen LogP contribution is -2.01. The molecule has 0 spiro atoms. The summed E-state index contributed by atoms with van der Waals surface area (Å²) in [6.07, 6.45) is 6.23. The second kappa shape index (κ2) is 12.3. The van der Waals surface area contributed by atoms with Crippen LogP contribution in [0.1, 0.15) is 21.5 Å². The zero-order valence-electron chi connectivity index (χ0n) is 21.3. The molecule has 0 fully saturated rings. The number of nitrogens with one attached hydrogen (secondary N) is 1. The highest BCUT2D eigenvalue weighted by Gasteiger charge is 2.13. The van der Waals surface area contributed by atoms with Crippen LogP contribution in [0.3, 0.4) is 0 Å². The highest BCUT2D eigenvalue weighted by atomic mass is 19.1.